The van der Waals surface area contributed by atoms with Crippen molar-refractivity contribution in [3.05, 3.63) is 33.4 Å². The van der Waals surface area contributed by atoms with E-state index in [0.29, 0.717) is 0 Å². The zero-order valence-corrected chi connectivity index (χ0v) is 10.2. The molecule has 0 aliphatic rings. The Morgan fingerprint density at radius 2 is 2.12 bits per heavy atom. The number of nitrogens with zero attached hydrogens (tertiary/aromatic N) is 2. The number of halogens is 1. The Kier molecular flexibility index (Phi) is 3.70. The van der Waals surface area contributed by atoms with Gasteiger partial charge >= 0.3 is 0 Å². The topological polar surface area (TPSA) is 101 Å². The van der Waals surface area contributed by atoms with Crippen LogP contribution < -0.4 is 0 Å². The van der Waals surface area contributed by atoms with Crippen molar-refractivity contribution in [1.82, 2.24) is 0 Å². The van der Waals surface area contributed by atoms with Crippen molar-refractivity contribution in [2.45, 2.75) is 18.2 Å². The number of nitro benzene ring substituents is 1. The van der Waals surface area contributed by atoms with Gasteiger partial charge in [0.2, 0.25) is 0 Å². The summed E-state index contributed by atoms with van der Waals surface area (Å²) in [7, 11) is 0.902. The molecular weight excluding hydrogens is 268 g/mol. The summed E-state index contributed by atoms with van der Waals surface area (Å²) >= 11 is 0. The average Bonchev–Trinajstić information content (AvgIpc) is 2.25. The Morgan fingerprint density at radius 1 is 1.53 bits per heavy atom. The molecule has 0 saturated carbocycles. The Labute approximate surface area is 102 Å². The monoisotopic (exact) mass is 274 g/mol. The van der Waals surface area contributed by atoms with Crippen molar-refractivity contribution in [3.63, 3.8) is 0 Å². The second-order valence-electron chi connectivity index (χ2n) is 3.10. The van der Waals surface area contributed by atoms with Gasteiger partial charge in [0.05, 0.1) is 16.6 Å². The van der Waals surface area contributed by atoms with Gasteiger partial charge in [-0.15, -0.1) is 0 Å². The summed E-state index contributed by atoms with van der Waals surface area (Å²) in [6, 6.07) is 3.96. The number of rotatable bonds is 3. The molecule has 0 saturated heterocycles. The molecule has 0 aromatic heterocycles. The van der Waals surface area contributed by atoms with E-state index in [1.165, 1.54) is 6.07 Å². The van der Waals surface area contributed by atoms with Crippen molar-refractivity contribution in [3.8, 4) is 6.07 Å². The highest BCUT2D eigenvalue weighted by molar-refractivity contribution is 8.13. The van der Waals surface area contributed by atoms with Crippen LogP contribution in [0.1, 0.15) is 18.1 Å². The summed E-state index contributed by atoms with van der Waals surface area (Å²) in [5.41, 5.74) is -0.482. The SMILES string of the molecule is CCc1c(C#N)ccc(S(=O)(=O)Cl)c1[N+](=O)[O-]. The molecule has 1 aromatic carbocycles. The molecule has 17 heavy (non-hydrogen) atoms. The smallest absolute Gasteiger partial charge is 0.258 e. The number of hydrogen-bond donors (Lipinski definition) is 0. The molecule has 0 amide bonds. The van der Waals surface area contributed by atoms with Gasteiger partial charge in [-0.2, -0.15) is 5.26 Å². The third-order valence-corrected chi connectivity index (χ3v) is 3.52. The molecule has 0 spiro atoms. The third kappa shape index (κ3) is 2.54. The first-order valence-electron chi connectivity index (χ1n) is 4.48. The lowest BCUT2D eigenvalue weighted by Crippen LogP contribution is -2.04. The van der Waals surface area contributed by atoms with Crippen LogP contribution in [0.3, 0.4) is 0 Å². The van der Waals surface area contributed by atoms with Gasteiger partial charge in [0, 0.05) is 16.2 Å². The molecule has 0 N–H and O–H groups in total. The third-order valence-electron chi connectivity index (χ3n) is 2.16. The normalized spacial score (nSPS) is 10.9. The molecule has 90 valence electrons. The van der Waals surface area contributed by atoms with Crippen molar-refractivity contribution < 1.29 is 13.3 Å². The van der Waals surface area contributed by atoms with Crippen LogP contribution in [0.5, 0.6) is 0 Å². The summed E-state index contributed by atoms with van der Waals surface area (Å²) in [5, 5.41) is 19.7. The van der Waals surface area contributed by atoms with Crippen LogP contribution in [0.4, 0.5) is 5.69 Å². The molecule has 0 atom stereocenters. The van der Waals surface area contributed by atoms with Crippen LogP contribution in [-0.2, 0) is 15.5 Å². The minimum atomic E-state index is -4.21. The van der Waals surface area contributed by atoms with E-state index in [-0.39, 0.29) is 17.5 Å². The zero-order chi connectivity index (χ0) is 13.2. The standard InChI is InChI=1S/C9H7ClN2O4S/c1-2-7-6(5-11)3-4-8(17(10,15)16)9(7)12(13)14/h3-4H,2H2,1H3. The Bertz CT molecular complexity index is 619. The second-order valence-corrected chi connectivity index (χ2v) is 5.63. The van der Waals surface area contributed by atoms with Crippen molar-refractivity contribution in [2.75, 3.05) is 0 Å². The molecule has 0 aliphatic heterocycles. The second kappa shape index (κ2) is 4.69. The Balaban J connectivity index is 3.80. The first-order valence-corrected chi connectivity index (χ1v) is 6.78. The molecule has 0 fully saturated rings. The van der Waals surface area contributed by atoms with Gasteiger partial charge in [-0.05, 0) is 18.6 Å². The first-order chi connectivity index (χ1) is 7.82. The lowest BCUT2D eigenvalue weighted by molar-refractivity contribution is -0.388. The number of benzene rings is 1. The molecular formula is C9H7ClN2O4S. The van der Waals surface area contributed by atoms with E-state index in [9.17, 15) is 18.5 Å². The number of nitro groups is 1. The number of hydrogen-bond acceptors (Lipinski definition) is 5. The molecule has 0 unspecified atom stereocenters. The van der Waals surface area contributed by atoms with Gasteiger partial charge in [-0.3, -0.25) is 10.1 Å². The van der Waals surface area contributed by atoms with E-state index < -0.39 is 24.6 Å². The molecule has 0 radical (unpaired) electrons. The maximum Gasteiger partial charge on any atom is 0.293 e. The van der Waals surface area contributed by atoms with Gasteiger partial charge in [-0.25, -0.2) is 8.42 Å². The zero-order valence-electron chi connectivity index (χ0n) is 8.68. The lowest BCUT2D eigenvalue weighted by Gasteiger charge is -2.05. The van der Waals surface area contributed by atoms with Gasteiger partial charge in [0.25, 0.3) is 14.7 Å². The van der Waals surface area contributed by atoms with Crippen LogP contribution in [-0.4, -0.2) is 13.3 Å². The fourth-order valence-electron chi connectivity index (χ4n) is 1.47. The van der Waals surface area contributed by atoms with Gasteiger partial charge in [0.15, 0.2) is 4.90 Å². The summed E-state index contributed by atoms with van der Waals surface area (Å²) < 4.78 is 22.4. The van der Waals surface area contributed by atoms with Crippen molar-refractivity contribution >= 4 is 25.4 Å². The molecule has 0 bridgehead atoms. The van der Waals surface area contributed by atoms with Crippen LogP contribution in [0.15, 0.2) is 17.0 Å². The predicted molar refractivity (Wildman–Crippen MR) is 60.2 cm³/mol. The minimum Gasteiger partial charge on any atom is -0.258 e. The summed E-state index contributed by atoms with van der Waals surface area (Å²) in [6.45, 7) is 1.59. The molecule has 1 rings (SSSR count). The van der Waals surface area contributed by atoms with E-state index >= 15 is 0 Å². The highest BCUT2D eigenvalue weighted by Crippen LogP contribution is 2.32. The van der Waals surface area contributed by atoms with E-state index in [1.54, 1.807) is 13.0 Å². The maximum atomic E-state index is 11.2. The van der Waals surface area contributed by atoms with E-state index in [1.807, 2.05) is 0 Å². The number of nitriles is 1. The molecule has 6 nitrogen and oxygen atoms in total. The van der Waals surface area contributed by atoms with E-state index in [2.05, 4.69) is 0 Å². The lowest BCUT2D eigenvalue weighted by atomic mass is 10.0. The average molecular weight is 275 g/mol. The van der Waals surface area contributed by atoms with Gasteiger partial charge in [0.1, 0.15) is 0 Å². The van der Waals surface area contributed by atoms with Crippen LogP contribution in [0, 0.1) is 21.4 Å². The molecule has 1 aromatic rings. The summed E-state index contributed by atoms with van der Waals surface area (Å²) in [6.07, 6.45) is 0.166. The quantitative estimate of drug-likeness (QED) is 0.476. The highest BCUT2D eigenvalue weighted by Gasteiger charge is 2.28. The highest BCUT2D eigenvalue weighted by atomic mass is 35.7. The minimum absolute atomic E-state index is 0.0687. The van der Waals surface area contributed by atoms with Gasteiger partial charge in [-0.1, -0.05) is 6.92 Å². The Morgan fingerprint density at radius 3 is 2.47 bits per heavy atom. The maximum absolute atomic E-state index is 11.2. The molecule has 0 heterocycles. The van der Waals surface area contributed by atoms with Crippen LogP contribution in [0.25, 0.3) is 0 Å². The first kappa shape index (κ1) is 13.4. The van der Waals surface area contributed by atoms with E-state index in [4.69, 9.17) is 15.9 Å². The predicted octanol–water partition coefficient (Wildman–Crippen LogP) is 1.96. The van der Waals surface area contributed by atoms with Crippen LogP contribution >= 0.6 is 10.7 Å². The fraction of sp³-hybridized carbons (Fsp3) is 0.222. The summed E-state index contributed by atoms with van der Waals surface area (Å²) in [4.78, 5) is 9.47. The van der Waals surface area contributed by atoms with Crippen molar-refractivity contribution in [1.29, 1.82) is 5.26 Å². The Hall–Kier alpha value is -1.65. The van der Waals surface area contributed by atoms with Crippen molar-refractivity contribution in [2.24, 2.45) is 0 Å². The molecule has 0 aliphatic carbocycles. The largest absolute Gasteiger partial charge is 0.293 e. The molecule has 8 heteroatoms. The van der Waals surface area contributed by atoms with Gasteiger partial charge < -0.3 is 0 Å². The fourth-order valence-corrected chi connectivity index (χ4v) is 2.51. The summed E-state index contributed by atoms with van der Waals surface area (Å²) in [5.74, 6) is 0. The van der Waals surface area contributed by atoms with Crippen LogP contribution in [0.2, 0.25) is 0 Å². The van der Waals surface area contributed by atoms with E-state index in [0.717, 1.165) is 6.07 Å².